The van der Waals surface area contributed by atoms with Crippen LogP contribution in [-0.2, 0) is 0 Å². The average molecular weight is 273 g/mol. The van der Waals surface area contributed by atoms with Crippen LogP contribution in [0.4, 0.5) is 5.69 Å². The molecular weight excluding hydrogens is 246 g/mol. The van der Waals surface area contributed by atoms with Gasteiger partial charge in [-0.05, 0) is 28.8 Å². The second-order valence-electron chi connectivity index (χ2n) is 6.14. The third kappa shape index (κ3) is 3.64. The van der Waals surface area contributed by atoms with Gasteiger partial charge >= 0.3 is 0 Å². The zero-order chi connectivity index (χ0) is 14.5. The first-order valence-corrected chi connectivity index (χ1v) is 9.47. The minimum atomic E-state index is -1.61. The minimum Gasteiger partial charge on any atom is -0.315 e. The first kappa shape index (κ1) is 15.9. The van der Waals surface area contributed by atoms with E-state index in [1.807, 2.05) is 18.2 Å². The van der Waals surface area contributed by atoms with E-state index >= 15 is 0 Å². The minimum absolute atomic E-state index is 0.678. The molecule has 1 aromatic rings. The van der Waals surface area contributed by atoms with E-state index in [9.17, 15) is 0 Å². The average Bonchev–Trinajstić information content (AvgIpc) is 2.34. The van der Waals surface area contributed by atoms with Crippen LogP contribution in [-0.4, -0.2) is 8.07 Å². The molecule has 1 rings (SSSR count). The van der Waals surface area contributed by atoms with Gasteiger partial charge in [0.2, 0.25) is 0 Å². The summed E-state index contributed by atoms with van der Waals surface area (Å²) >= 11 is 0. The fourth-order valence-electron chi connectivity index (χ4n) is 3.17. The molecule has 0 unspecified atom stereocenters. The van der Waals surface area contributed by atoms with Crippen LogP contribution in [0.25, 0.3) is 0 Å². The highest BCUT2D eigenvalue weighted by Gasteiger charge is 2.41. The molecule has 0 fully saturated rings. The largest absolute Gasteiger partial charge is 0.315 e. The van der Waals surface area contributed by atoms with Crippen molar-refractivity contribution in [2.24, 2.45) is 0 Å². The van der Waals surface area contributed by atoms with Crippen molar-refractivity contribution in [3.05, 3.63) is 30.3 Å². The van der Waals surface area contributed by atoms with Gasteiger partial charge in [-0.15, -0.1) is 5.54 Å². The first-order chi connectivity index (χ1) is 8.91. The van der Waals surface area contributed by atoms with Gasteiger partial charge < -0.3 is 5.32 Å². The zero-order valence-corrected chi connectivity index (χ0v) is 14.1. The van der Waals surface area contributed by atoms with E-state index in [0.29, 0.717) is 16.6 Å². The molecule has 0 aromatic heterocycles. The molecule has 1 aromatic carbocycles. The Morgan fingerprint density at radius 1 is 0.842 bits per heavy atom. The van der Waals surface area contributed by atoms with Gasteiger partial charge in [-0.2, -0.15) is 0 Å². The quantitative estimate of drug-likeness (QED) is 0.447. The molecule has 1 N–H and O–H groups in total. The Balaban J connectivity index is 2.97. The Morgan fingerprint density at radius 3 is 1.74 bits per heavy atom. The molecule has 2 heteroatoms. The molecule has 0 saturated carbocycles. The van der Waals surface area contributed by atoms with Gasteiger partial charge in [-0.25, -0.2) is 0 Å². The smallest absolute Gasteiger partial charge is 0.148 e. The Hall–Kier alpha value is -1.20. The van der Waals surface area contributed by atoms with Crippen LogP contribution in [0.1, 0.15) is 41.5 Å². The molecular formula is C17H27NSi. The summed E-state index contributed by atoms with van der Waals surface area (Å²) in [5, 5.41) is 3.24. The standard InChI is InChI=1S/C17H27NSi/c1-14(2)19(15(3)4,16(5)6)13-12-18-17-10-8-7-9-11-17/h7-11,14-16,18H,1-6H3. The van der Waals surface area contributed by atoms with Crippen LogP contribution in [0.3, 0.4) is 0 Å². The lowest BCUT2D eigenvalue weighted by Gasteiger charge is -2.37. The van der Waals surface area contributed by atoms with Gasteiger partial charge in [0.1, 0.15) is 8.07 Å². The lowest BCUT2D eigenvalue weighted by atomic mass is 10.3. The van der Waals surface area contributed by atoms with Crippen molar-refractivity contribution in [3.63, 3.8) is 0 Å². The molecule has 0 atom stereocenters. The van der Waals surface area contributed by atoms with Crippen LogP contribution in [0.2, 0.25) is 16.6 Å². The van der Waals surface area contributed by atoms with Gasteiger partial charge in [0.25, 0.3) is 0 Å². The number of anilines is 1. The lowest BCUT2D eigenvalue weighted by molar-refractivity contribution is 0.838. The third-order valence-electron chi connectivity index (χ3n) is 4.13. The summed E-state index contributed by atoms with van der Waals surface area (Å²) in [4.78, 5) is 0. The molecule has 0 saturated heterocycles. The van der Waals surface area contributed by atoms with Crippen molar-refractivity contribution in [3.8, 4) is 11.6 Å². The summed E-state index contributed by atoms with van der Waals surface area (Å²) in [6.07, 6.45) is 0. The van der Waals surface area contributed by atoms with Crippen molar-refractivity contribution < 1.29 is 0 Å². The molecule has 0 aliphatic carbocycles. The predicted molar refractivity (Wildman–Crippen MR) is 88.9 cm³/mol. The second kappa shape index (κ2) is 6.82. The number of hydrogen-bond acceptors (Lipinski definition) is 1. The fourth-order valence-corrected chi connectivity index (χ4v) is 8.31. The SMILES string of the molecule is CC(C)[Si](C#CNc1ccccc1)(C(C)C)C(C)C. The fraction of sp³-hybridized carbons (Fsp3) is 0.529. The molecule has 104 valence electrons. The lowest BCUT2D eigenvalue weighted by Crippen LogP contribution is -2.43. The molecule has 1 nitrogen and oxygen atoms in total. The molecule has 0 bridgehead atoms. The van der Waals surface area contributed by atoms with Gasteiger partial charge in [-0.1, -0.05) is 59.7 Å². The van der Waals surface area contributed by atoms with E-state index in [4.69, 9.17) is 0 Å². The van der Waals surface area contributed by atoms with Gasteiger partial charge in [-0.3, -0.25) is 0 Å². The molecule has 0 aliphatic heterocycles. The topological polar surface area (TPSA) is 12.0 Å². The maximum atomic E-state index is 3.66. The van der Waals surface area contributed by atoms with E-state index < -0.39 is 8.07 Å². The predicted octanol–water partition coefficient (Wildman–Crippen LogP) is 5.28. The zero-order valence-electron chi connectivity index (χ0n) is 13.1. The van der Waals surface area contributed by atoms with Crippen LogP contribution >= 0.6 is 0 Å². The van der Waals surface area contributed by atoms with E-state index in [1.165, 1.54) is 0 Å². The molecule has 0 spiro atoms. The normalized spacial score (nSPS) is 11.6. The second-order valence-corrected chi connectivity index (χ2v) is 11.7. The maximum absolute atomic E-state index is 3.66. The molecule has 0 amide bonds. The van der Waals surface area contributed by atoms with Gasteiger partial charge in [0.05, 0.1) is 0 Å². The summed E-state index contributed by atoms with van der Waals surface area (Å²) in [6, 6.07) is 13.4. The molecule has 0 radical (unpaired) electrons. The van der Waals surface area contributed by atoms with Crippen molar-refractivity contribution in [1.82, 2.24) is 0 Å². The molecule has 0 aliphatic rings. The molecule has 19 heavy (non-hydrogen) atoms. The highest BCUT2D eigenvalue weighted by atomic mass is 28.3. The van der Waals surface area contributed by atoms with Gasteiger partial charge in [0.15, 0.2) is 0 Å². The first-order valence-electron chi connectivity index (χ1n) is 7.24. The Bertz CT molecular complexity index is 416. The van der Waals surface area contributed by atoms with E-state index in [0.717, 1.165) is 5.69 Å². The van der Waals surface area contributed by atoms with Crippen LogP contribution < -0.4 is 5.32 Å². The number of hydrogen-bond donors (Lipinski definition) is 1. The van der Waals surface area contributed by atoms with Crippen molar-refractivity contribution in [2.45, 2.75) is 58.2 Å². The van der Waals surface area contributed by atoms with Crippen molar-refractivity contribution in [2.75, 3.05) is 5.32 Å². The van der Waals surface area contributed by atoms with E-state index in [1.54, 1.807) is 0 Å². The maximum Gasteiger partial charge on any atom is 0.148 e. The number of rotatable bonds is 4. The van der Waals surface area contributed by atoms with Crippen LogP contribution in [0.15, 0.2) is 30.3 Å². The van der Waals surface area contributed by atoms with Crippen LogP contribution in [0.5, 0.6) is 0 Å². The monoisotopic (exact) mass is 273 g/mol. The number of benzene rings is 1. The van der Waals surface area contributed by atoms with E-state index in [-0.39, 0.29) is 0 Å². The summed E-state index contributed by atoms with van der Waals surface area (Å²) in [5.74, 6) is 0. The number of nitrogens with one attached hydrogen (secondary N) is 1. The van der Waals surface area contributed by atoms with Crippen molar-refractivity contribution in [1.29, 1.82) is 0 Å². The molecule has 0 heterocycles. The Kier molecular flexibility index (Phi) is 5.69. The Labute approximate surface area is 119 Å². The summed E-state index contributed by atoms with van der Waals surface area (Å²) in [7, 11) is -1.61. The third-order valence-corrected chi connectivity index (χ3v) is 10.4. The van der Waals surface area contributed by atoms with Crippen LogP contribution in [0, 0.1) is 11.6 Å². The van der Waals surface area contributed by atoms with Gasteiger partial charge in [0, 0.05) is 11.7 Å². The van der Waals surface area contributed by atoms with Crippen molar-refractivity contribution >= 4 is 13.8 Å². The highest BCUT2D eigenvalue weighted by Crippen LogP contribution is 2.40. The van der Waals surface area contributed by atoms with E-state index in [2.05, 4.69) is 70.6 Å². The summed E-state index contributed by atoms with van der Waals surface area (Å²) in [5.41, 5.74) is 6.77. The highest BCUT2D eigenvalue weighted by molar-refractivity contribution is 6.90. The number of para-hydroxylation sites is 1. The summed E-state index contributed by atoms with van der Waals surface area (Å²) < 4.78 is 0. The summed E-state index contributed by atoms with van der Waals surface area (Å²) in [6.45, 7) is 14.0. The Morgan fingerprint density at radius 2 is 1.32 bits per heavy atom.